The molecule has 4 aromatic rings. The van der Waals surface area contributed by atoms with Crippen LogP contribution in [0.3, 0.4) is 0 Å². The van der Waals surface area contributed by atoms with E-state index in [4.69, 9.17) is 9.47 Å². The lowest BCUT2D eigenvalue weighted by atomic mass is 9.97. The molecular formula is C33H39N5O6. The number of hydrogen-bond donors (Lipinski definition) is 5. The van der Waals surface area contributed by atoms with Crippen molar-refractivity contribution in [1.82, 2.24) is 20.3 Å². The minimum Gasteiger partial charge on any atom is -0.388 e. The average Bonchev–Trinajstić information content (AvgIpc) is 3.03. The molecule has 0 unspecified atom stereocenters. The van der Waals surface area contributed by atoms with Crippen LogP contribution in [0, 0.1) is 0 Å². The number of rotatable bonds is 11. The minimum atomic E-state index is -1.37. The highest BCUT2D eigenvalue weighted by molar-refractivity contribution is 5.89. The second kappa shape index (κ2) is 14.7. The fourth-order valence-corrected chi connectivity index (χ4v) is 5.20. The third-order valence-electron chi connectivity index (χ3n) is 7.68. The Bertz CT molecular complexity index is 1540. The van der Waals surface area contributed by atoms with Crippen molar-refractivity contribution in [3.63, 3.8) is 0 Å². The number of fused-ring (bicyclic) bond motifs is 1. The monoisotopic (exact) mass is 601 g/mol. The molecule has 6 atom stereocenters. The third kappa shape index (κ3) is 7.93. The number of nitrogens with zero attached hydrogens (tertiary/aromatic N) is 3. The van der Waals surface area contributed by atoms with E-state index in [1.54, 1.807) is 18.3 Å². The van der Waals surface area contributed by atoms with Gasteiger partial charge in [-0.2, -0.15) is 0 Å². The molecule has 1 fully saturated rings. The van der Waals surface area contributed by atoms with E-state index in [2.05, 4.69) is 37.7 Å². The maximum Gasteiger partial charge on any atom is 0.320 e. The van der Waals surface area contributed by atoms with Crippen LogP contribution >= 0.6 is 0 Å². The third-order valence-corrected chi connectivity index (χ3v) is 7.68. The first-order chi connectivity index (χ1) is 21.3. The Morgan fingerprint density at radius 1 is 0.977 bits per heavy atom. The number of nitrogens with one attached hydrogen (secondary N) is 2. The molecule has 11 nitrogen and oxygen atoms in total. The molecule has 232 valence electrons. The Hall–Kier alpha value is -4.00. The van der Waals surface area contributed by atoms with Gasteiger partial charge < -0.3 is 30.1 Å². The van der Waals surface area contributed by atoms with Crippen LogP contribution in [0.15, 0.2) is 72.9 Å². The number of aliphatic hydroxyl groups excluding tert-OH is 3. The number of hydrogen-bond acceptors (Lipinski definition) is 9. The summed E-state index contributed by atoms with van der Waals surface area (Å²) in [5, 5.41) is 36.3. The van der Waals surface area contributed by atoms with E-state index < -0.39 is 30.7 Å². The zero-order chi connectivity index (χ0) is 31.1. The van der Waals surface area contributed by atoms with Gasteiger partial charge in [0.2, 0.25) is 0 Å². The van der Waals surface area contributed by atoms with Gasteiger partial charge in [0.15, 0.2) is 11.9 Å². The summed E-state index contributed by atoms with van der Waals surface area (Å²) in [4.78, 5) is 26.3. The Kier molecular flexibility index (Phi) is 10.5. The number of pyridine rings is 1. The number of aliphatic hydroxyl groups is 3. The maximum absolute atomic E-state index is 12.6. The van der Waals surface area contributed by atoms with Crippen LogP contribution in [0.5, 0.6) is 0 Å². The number of aromatic nitrogens is 3. The zero-order valence-electron chi connectivity index (χ0n) is 24.8. The second-order valence-electron chi connectivity index (χ2n) is 11.1. The SMILES string of the molecule is CC[C@H]1O[C@@H](OCc2cccc(-c3cnc4ccc(NC(=O)N[C@H](C)CCCc5ccccc5)nc4n3)c2)[C@H](O)[C@@H](O)[C@@H]1O. The number of benzene rings is 2. The lowest BCUT2D eigenvalue weighted by molar-refractivity contribution is -0.300. The first-order valence-corrected chi connectivity index (χ1v) is 15.0. The highest BCUT2D eigenvalue weighted by atomic mass is 16.7. The van der Waals surface area contributed by atoms with Gasteiger partial charge in [-0.15, -0.1) is 0 Å². The molecule has 1 aliphatic rings. The molecule has 0 bridgehead atoms. The van der Waals surface area contributed by atoms with E-state index in [1.165, 1.54) is 5.56 Å². The van der Waals surface area contributed by atoms with E-state index in [0.29, 0.717) is 29.1 Å². The van der Waals surface area contributed by atoms with Gasteiger partial charge in [0, 0.05) is 11.6 Å². The fraction of sp³-hybridized carbons (Fsp3) is 0.394. The van der Waals surface area contributed by atoms with Gasteiger partial charge in [-0.1, -0.05) is 55.5 Å². The Balaban J connectivity index is 1.18. The van der Waals surface area contributed by atoms with E-state index in [1.807, 2.05) is 56.3 Å². The quantitative estimate of drug-likeness (QED) is 0.172. The highest BCUT2D eigenvalue weighted by Crippen LogP contribution is 2.26. The molecule has 0 aliphatic carbocycles. The van der Waals surface area contributed by atoms with Crippen LogP contribution in [-0.4, -0.2) is 73.1 Å². The van der Waals surface area contributed by atoms with Crippen LogP contribution in [0.1, 0.15) is 44.2 Å². The predicted molar refractivity (Wildman–Crippen MR) is 166 cm³/mol. The van der Waals surface area contributed by atoms with Gasteiger partial charge in [0.25, 0.3) is 0 Å². The molecule has 2 aromatic heterocycles. The molecule has 3 heterocycles. The topological polar surface area (TPSA) is 159 Å². The molecule has 0 radical (unpaired) electrons. The number of ether oxygens (including phenoxy) is 2. The van der Waals surface area contributed by atoms with E-state index in [0.717, 1.165) is 30.4 Å². The molecule has 11 heteroatoms. The van der Waals surface area contributed by atoms with E-state index in [9.17, 15) is 20.1 Å². The van der Waals surface area contributed by atoms with Gasteiger partial charge in [-0.25, -0.2) is 14.8 Å². The molecule has 0 saturated carbocycles. The highest BCUT2D eigenvalue weighted by Gasteiger charge is 2.43. The smallest absolute Gasteiger partial charge is 0.320 e. The lowest BCUT2D eigenvalue weighted by Gasteiger charge is -2.40. The molecule has 5 N–H and O–H groups in total. The number of anilines is 1. The minimum absolute atomic E-state index is 0.000470. The molecule has 5 rings (SSSR count). The summed E-state index contributed by atoms with van der Waals surface area (Å²) in [5.74, 6) is 0.365. The maximum atomic E-state index is 12.6. The van der Waals surface area contributed by atoms with Gasteiger partial charge >= 0.3 is 6.03 Å². The van der Waals surface area contributed by atoms with Crippen LogP contribution in [-0.2, 0) is 22.5 Å². The van der Waals surface area contributed by atoms with Crippen LogP contribution < -0.4 is 10.6 Å². The number of urea groups is 1. The molecule has 1 aliphatic heterocycles. The first kappa shape index (κ1) is 31.4. The number of aryl methyl sites for hydroxylation is 1. The Morgan fingerprint density at radius 3 is 2.57 bits per heavy atom. The van der Waals surface area contributed by atoms with Gasteiger partial charge in [-0.05, 0) is 61.9 Å². The van der Waals surface area contributed by atoms with Gasteiger partial charge in [-0.3, -0.25) is 10.3 Å². The van der Waals surface area contributed by atoms with E-state index in [-0.39, 0.29) is 18.7 Å². The number of amides is 2. The second-order valence-corrected chi connectivity index (χ2v) is 11.1. The number of carbonyl (C=O) groups excluding carboxylic acids is 1. The predicted octanol–water partition coefficient (Wildman–Crippen LogP) is 3.96. The molecule has 0 spiro atoms. The zero-order valence-corrected chi connectivity index (χ0v) is 24.8. The van der Waals surface area contributed by atoms with Crippen molar-refractivity contribution in [3.8, 4) is 11.3 Å². The lowest BCUT2D eigenvalue weighted by Crippen LogP contribution is -2.57. The van der Waals surface area contributed by atoms with E-state index >= 15 is 0 Å². The van der Waals surface area contributed by atoms with Crippen molar-refractivity contribution in [3.05, 3.63) is 84.1 Å². The first-order valence-electron chi connectivity index (χ1n) is 15.0. The molecule has 2 amide bonds. The Morgan fingerprint density at radius 2 is 1.77 bits per heavy atom. The summed E-state index contributed by atoms with van der Waals surface area (Å²) in [7, 11) is 0. The summed E-state index contributed by atoms with van der Waals surface area (Å²) in [5.41, 5.74) is 4.39. The number of carbonyl (C=O) groups is 1. The molecular weight excluding hydrogens is 562 g/mol. The summed E-state index contributed by atoms with van der Waals surface area (Å²) in [6.45, 7) is 3.90. The van der Waals surface area contributed by atoms with Crippen molar-refractivity contribution >= 4 is 23.0 Å². The summed E-state index contributed by atoms with van der Waals surface area (Å²) in [6, 6.07) is 20.9. The van der Waals surface area contributed by atoms with Crippen LogP contribution in [0.2, 0.25) is 0 Å². The van der Waals surface area contributed by atoms with Gasteiger partial charge in [0.05, 0.1) is 24.6 Å². The van der Waals surface area contributed by atoms with Crippen molar-refractivity contribution in [2.45, 2.75) is 82.9 Å². The van der Waals surface area contributed by atoms with Crippen LogP contribution in [0.4, 0.5) is 10.6 Å². The standard InChI is InChI=1S/C33H39N5O6/c1-3-26-28(39)29(40)30(41)32(44-26)43-19-22-13-8-14-23(17-22)25-18-34-24-15-16-27(37-31(24)36-25)38-33(42)35-20(2)9-7-12-21-10-5-4-6-11-21/h4-6,8,10-11,13-18,20,26,28-30,32,39-41H,3,7,9,12,19H2,1-2H3,(H2,35,36,37,38,42)/t20-,26-,28-,29+,30-,32-/m1/s1. The molecule has 44 heavy (non-hydrogen) atoms. The molecule has 1 saturated heterocycles. The van der Waals surface area contributed by atoms with Gasteiger partial charge in [0.1, 0.15) is 29.6 Å². The summed E-state index contributed by atoms with van der Waals surface area (Å²) in [6.07, 6.45) is -0.726. The van der Waals surface area contributed by atoms with Crippen molar-refractivity contribution in [2.24, 2.45) is 0 Å². The summed E-state index contributed by atoms with van der Waals surface area (Å²) < 4.78 is 11.4. The Labute approximate surface area is 256 Å². The average molecular weight is 602 g/mol. The van der Waals surface area contributed by atoms with Crippen LogP contribution in [0.25, 0.3) is 22.4 Å². The van der Waals surface area contributed by atoms with Crippen molar-refractivity contribution < 1.29 is 29.6 Å². The molecule has 2 aromatic carbocycles. The fourth-order valence-electron chi connectivity index (χ4n) is 5.20. The van der Waals surface area contributed by atoms with Crippen molar-refractivity contribution in [2.75, 3.05) is 5.32 Å². The largest absolute Gasteiger partial charge is 0.388 e. The summed E-state index contributed by atoms with van der Waals surface area (Å²) >= 11 is 0. The van der Waals surface area contributed by atoms with Crippen molar-refractivity contribution in [1.29, 1.82) is 0 Å². The normalized spacial score (nSPS) is 22.4.